The molecule has 0 saturated heterocycles. The molecule has 0 aliphatic rings. The van der Waals surface area contributed by atoms with Crippen LogP contribution in [0.5, 0.6) is 0 Å². The zero-order chi connectivity index (χ0) is 11.8. The summed E-state index contributed by atoms with van der Waals surface area (Å²) in [5, 5.41) is 3.15. The van der Waals surface area contributed by atoms with Crippen LogP contribution in [0, 0.1) is 0 Å². The molecule has 2 aromatic rings. The molecule has 2 rings (SSSR count). The van der Waals surface area contributed by atoms with Gasteiger partial charge in [-0.15, -0.1) is 0 Å². The van der Waals surface area contributed by atoms with Crippen LogP contribution in [0.4, 0.5) is 0 Å². The molecule has 0 saturated carbocycles. The van der Waals surface area contributed by atoms with Gasteiger partial charge in [-0.2, -0.15) is 11.1 Å². The molecule has 0 amide bonds. The summed E-state index contributed by atoms with van der Waals surface area (Å²) in [5.74, 6) is 0. The maximum atomic E-state index is 4.78. The Morgan fingerprint density at radius 3 is 1.31 bits per heavy atom. The van der Waals surface area contributed by atoms with Gasteiger partial charge >= 0.3 is 0 Å². The first kappa shape index (κ1) is 13.4. The van der Waals surface area contributed by atoms with Gasteiger partial charge in [-0.1, -0.05) is 71.0 Å². The molecule has 0 nitrogen and oxygen atoms in total. The summed E-state index contributed by atoms with van der Waals surface area (Å²) < 4.78 is 0. The van der Waals surface area contributed by atoms with Crippen molar-refractivity contribution < 1.29 is 0 Å². The average molecular weight is 281 g/mol. The van der Waals surface area contributed by atoms with E-state index in [0.29, 0.717) is 0 Å². The molecular formula is C12H17ClSi3. The van der Waals surface area contributed by atoms with Gasteiger partial charge in [-0.25, -0.2) is 0 Å². The first-order valence-corrected chi connectivity index (χ1v) is 14.2. The van der Waals surface area contributed by atoms with E-state index in [0.717, 1.165) is 9.55 Å². The van der Waals surface area contributed by atoms with Crippen molar-refractivity contribution in [3.8, 4) is 0 Å². The third kappa shape index (κ3) is 3.75. The lowest BCUT2D eigenvalue weighted by molar-refractivity contribution is 1.74. The van der Waals surface area contributed by atoms with E-state index in [1.165, 1.54) is 9.76 Å². The van der Waals surface area contributed by atoms with Crippen LogP contribution in [-0.4, -0.2) is 27.6 Å². The molecule has 0 radical (unpaired) electrons. The van der Waals surface area contributed by atoms with Gasteiger partial charge in [-0.05, 0) is 0 Å². The van der Waals surface area contributed by atoms with Gasteiger partial charge in [0, 0.05) is 9.76 Å². The van der Waals surface area contributed by atoms with Crippen LogP contribution in [0.2, 0.25) is 0 Å². The van der Waals surface area contributed by atoms with Crippen molar-refractivity contribution in [1.82, 2.24) is 0 Å². The minimum Gasteiger partial charge on any atom is -0.181 e. The highest BCUT2D eigenvalue weighted by atomic mass is 35.6. The molecule has 0 atom stereocenters. The van der Waals surface area contributed by atoms with Gasteiger partial charge < -0.3 is 0 Å². The third-order valence-corrected chi connectivity index (χ3v) is 9.37. The van der Waals surface area contributed by atoms with Crippen molar-refractivity contribution in [2.24, 2.45) is 0 Å². The van der Waals surface area contributed by atoms with E-state index in [4.69, 9.17) is 11.1 Å². The molecule has 84 valence electrons. The highest BCUT2D eigenvalue weighted by Gasteiger charge is 2.07. The quantitative estimate of drug-likeness (QED) is 0.509. The summed E-state index contributed by atoms with van der Waals surface area (Å²) in [7, 11) is 1.30. The lowest BCUT2D eigenvalue weighted by atomic mass is 10.4. The molecule has 4 heteroatoms. The lowest BCUT2D eigenvalue weighted by Gasteiger charge is -2.09. The Bertz CT molecular complexity index is 352. The molecule has 0 bridgehead atoms. The Hall–Kier alpha value is -0.619. The minimum absolute atomic E-state index is 0.778. The largest absolute Gasteiger partial charge is 0.181 e. The van der Waals surface area contributed by atoms with Gasteiger partial charge in [0.15, 0.2) is 0 Å². The van der Waals surface area contributed by atoms with E-state index in [1.54, 1.807) is 10.4 Å². The van der Waals surface area contributed by atoms with Crippen LogP contribution in [0.25, 0.3) is 0 Å². The van der Waals surface area contributed by atoms with Crippen LogP contribution in [-0.2, 0) is 0 Å². The Kier molecular flexibility index (Phi) is 6.40. The lowest BCUT2D eigenvalue weighted by Crippen LogP contribution is -2.42. The first-order chi connectivity index (χ1) is 7.88. The number of hydrogen-bond acceptors (Lipinski definition) is 0. The summed E-state index contributed by atoms with van der Waals surface area (Å²) in [6, 6.07) is 21.9. The molecule has 0 aliphatic heterocycles. The van der Waals surface area contributed by atoms with E-state index >= 15 is 0 Å². The summed E-state index contributed by atoms with van der Waals surface area (Å²) in [4.78, 5) is 0. The maximum Gasteiger partial charge on any atom is 0.109 e. The summed E-state index contributed by atoms with van der Waals surface area (Å²) >= 11 is 4.78. The highest BCUT2D eigenvalue weighted by molar-refractivity contribution is 7.18. The van der Waals surface area contributed by atoms with Crippen molar-refractivity contribution in [2.45, 2.75) is 0 Å². The molecule has 0 unspecified atom stereocenters. The monoisotopic (exact) mass is 280 g/mol. The van der Waals surface area contributed by atoms with Crippen LogP contribution in [0.1, 0.15) is 0 Å². The maximum absolute atomic E-state index is 4.78. The fourth-order valence-corrected chi connectivity index (χ4v) is 5.97. The molecular weight excluding hydrogens is 264 g/mol. The number of halogens is 1. The van der Waals surface area contributed by atoms with Crippen LogP contribution >= 0.6 is 11.1 Å². The standard InChI is InChI=1S/C12H14Si2.ClH3Si/c13-14(11-7-3-1-4-8-11)12-9-5-2-6-10-12;1-2/h1-10,14H,13H3;2H3. The van der Waals surface area contributed by atoms with Gasteiger partial charge in [0.1, 0.15) is 9.55 Å². The smallest absolute Gasteiger partial charge is 0.109 e. The summed E-state index contributed by atoms with van der Waals surface area (Å²) in [5.41, 5.74) is 0. The Balaban J connectivity index is 0.000000606. The Morgan fingerprint density at radius 2 is 1.00 bits per heavy atom. The summed E-state index contributed by atoms with van der Waals surface area (Å²) in [6.45, 7) is 0. The zero-order valence-corrected chi connectivity index (χ0v) is 15.6. The van der Waals surface area contributed by atoms with Crippen molar-refractivity contribution >= 4 is 49.1 Å². The Labute approximate surface area is 110 Å². The fourth-order valence-electron chi connectivity index (χ4n) is 1.68. The highest BCUT2D eigenvalue weighted by Crippen LogP contribution is 1.89. The van der Waals surface area contributed by atoms with Crippen molar-refractivity contribution in [2.75, 3.05) is 0 Å². The van der Waals surface area contributed by atoms with E-state index < -0.39 is 8.31 Å². The van der Waals surface area contributed by atoms with Gasteiger partial charge in [0.25, 0.3) is 0 Å². The molecule has 16 heavy (non-hydrogen) atoms. The topological polar surface area (TPSA) is 0 Å². The second-order valence-electron chi connectivity index (χ2n) is 3.54. The fraction of sp³-hybridized carbons (Fsp3) is 0. The third-order valence-electron chi connectivity index (χ3n) is 2.60. The van der Waals surface area contributed by atoms with Gasteiger partial charge in [-0.3, -0.25) is 0 Å². The summed E-state index contributed by atoms with van der Waals surface area (Å²) in [6.07, 6.45) is 0. The van der Waals surface area contributed by atoms with Crippen LogP contribution in [0.3, 0.4) is 0 Å². The number of rotatable bonds is 2. The van der Waals surface area contributed by atoms with Crippen LogP contribution < -0.4 is 10.4 Å². The van der Waals surface area contributed by atoms with Crippen molar-refractivity contribution in [3.63, 3.8) is 0 Å². The van der Waals surface area contributed by atoms with E-state index in [9.17, 15) is 0 Å². The molecule has 0 heterocycles. The second-order valence-corrected chi connectivity index (χ2v) is 9.78. The molecule has 0 aliphatic carbocycles. The molecule has 0 fully saturated rings. The van der Waals surface area contributed by atoms with E-state index in [1.807, 2.05) is 0 Å². The van der Waals surface area contributed by atoms with Gasteiger partial charge in [0.05, 0.1) is 8.31 Å². The zero-order valence-electron chi connectivity index (χ0n) is 9.73. The Morgan fingerprint density at radius 1 is 0.688 bits per heavy atom. The van der Waals surface area contributed by atoms with E-state index in [-0.39, 0.29) is 0 Å². The predicted octanol–water partition coefficient (Wildman–Crippen LogP) is -0.604. The second kappa shape index (κ2) is 7.62. The normalized spacial score (nSPS) is 9.88. The van der Waals surface area contributed by atoms with E-state index in [2.05, 4.69) is 60.7 Å². The molecule has 0 aromatic heterocycles. The molecule has 0 N–H and O–H groups in total. The molecule has 0 spiro atoms. The average Bonchev–Trinajstić information content (AvgIpc) is 2.42. The SMILES string of the molecule is [SiH3]Cl.[SiH3][SiH](c1ccccc1)c1ccccc1. The first-order valence-electron chi connectivity index (χ1n) is 5.35. The predicted molar refractivity (Wildman–Crippen MR) is 85.0 cm³/mol. The molecule has 2 aromatic carbocycles. The number of benzene rings is 2. The van der Waals surface area contributed by atoms with Crippen molar-refractivity contribution in [3.05, 3.63) is 60.7 Å². The number of hydrogen-bond donors (Lipinski definition) is 0. The van der Waals surface area contributed by atoms with Crippen LogP contribution in [0.15, 0.2) is 60.7 Å². The minimum atomic E-state index is -0.780. The van der Waals surface area contributed by atoms with Crippen molar-refractivity contribution in [1.29, 1.82) is 0 Å². The van der Waals surface area contributed by atoms with Gasteiger partial charge in [0.2, 0.25) is 0 Å².